The molecule has 1 aromatic carbocycles. The SMILES string of the molecule is COc1ccc([N+](=O)[O-])c(OCC(C)(C)CS)c1. The van der Waals surface area contributed by atoms with Gasteiger partial charge in [0, 0.05) is 17.5 Å². The molecule has 0 atom stereocenters. The number of hydrogen-bond acceptors (Lipinski definition) is 5. The minimum Gasteiger partial charge on any atom is -0.497 e. The summed E-state index contributed by atoms with van der Waals surface area (Å²) in [6.07, 6.45) is 0. The Morgan fingerprint density at radius 3 is 2.61 bits per heavy atom. The van der Waals surface area contributed by atoms with Gasteiger partial charge in [-0.2, -0.15) is 12.6 Å². The van der Waals surface area contributed by atoms with Crippen LogP contribution >= 0.6 is 12.6 Å². The van der Waals surface area contributed by atoms with Gasteiger partial charge in [-0.1, -0.05) is 13.8 Å². The van der Waals surface area contributed by atoms with E-state index >= 15 is 0 Å². The lowest BCUT2D eigenvalue weighted by molar-refractivity contribution is -0.386. The molecule has 0 fully saturated rings. The number of nitro groups is 1. The number of methoxy groups -OCH3 is 1. The van der Waals surface area contributed by atoms with Gasteiger partial charge < -0.3 is 9.47 Å². The van der Waals surface area contributed by atoms with Crippen LogP contribution in [0.4, 0.5) is 5.69 Å². The Morgan fingerprint density at radius 2 is 2.11 bits per heavy atom. The van der Waals surface area contributed by atoms with Crippen LogP contribution in [0.3, 0.4) is 0 Å². The van der Waals surface area contributed by atoms with Crippen molar-refractivity contribution in [1.82, 2.24) is 0 Å². The molecule has 0 radical (unpaired) electrons. The molecule has 0 aliphatic carbocycles. The van der Waals surface area contributed by atoms with Crippen molar-refractivity contribution in [1.29, 1.82) is 0 Å². The highest BCUT2D eigenvalue weighted by molar-refractivity contribution is 7.80. The lowest BCUT2D eigenvalue weighted by Crippen LogP contribution is -2.23. The van der Waals surface area contributed by atoms with Crippen molar-refractivity contribution in [3.05, 3.63) is 28.3 Å². The highest BCUT2D eigenvalue weighted by Crippen LogP contribution is 2.32. The molecule has 0 amide bonds. The van der Waals surface area contributed by atoms with Crippen LogP contribution in [0.5, 0.6) is 11.5 Å². The van der Waals surface area contributed by atoms with E-state index in [4.69, 9.17) is 9.47 Å². The summed E-state index contributed by atoms with van der Waals surface area (Å²) in [4.78, 5) is 10.4. The van der Waals surface area contributed by atoms with Crippen molar-refractivity contribution in [2.75, 3.05) is 19.5 Å². The van der Waals surface area contributed by atoms with E-state index in [1.165, 1.54) is 25.3 Å². The van der Waals surface area contributed by atoms with Crippen LogP contribution in [0.15, 0.2) is 18.2 Å². The van der Waals surface area contributed by atoms with E-state index in [0.717, 1.165) is 0 Å². The fourth-order valence-corrected chi connectivity index (χ4v) is 1.30. The second kappa shape index (κ2) is 5.95. The van der Waals surface area contributed by atoms with Gasteiger partial charge in [0.2, 0.25) is 5.75 Å². The maximum Gasteiger partial charge on any atom is 0.311 e. The summed E-state index contributed by atoms with van der Waals surface area (Å²) in [5.41, 5.74) is -0.217. The first-order valence-electron chi connectivity index (χ1n) is 5.46. The highest BCUT2D eigenvalue weighted by Gasteiger charge is 2.21. The number of nitrogens with zero attached hydrogens (tertiary/aromatic N) is 1. The Labute approximate surface area is 112 Å². The summed E-state index contributed by atoms with van der Waals surface area (Å²) in [7, 11) is 1.50. The topological polar surface area (TPSA) is 61.6 Å². The molecule has 18 heavy (non-hydrogen) atoms. The van der Waals surface area contributed by atoms with E-state index in [1.54, 1.807) is 0 Å². The van der Waals surface area contributed by atoms with Gasteiger partial charge in [-0.05, 0) is 11.8 Å². The Kier molecular flexibility index (Phi) is 4.84. The van der Waals surface area contributed by atoms with Gasteiger partial charge in [-0.25, -0.2) is 0 Å². The predicted octanol–water partition coefficient (Wildman–Crippen LogP) is 2.94. The molecule has 1 aromatic rings. The third-order valence-corrected chi connectivity index (χ3v) is 3.27. The molecule has 0 bridgehead atoms. The number of ether oxygens (including phenoxy) is 2. The Morgan fingerprint density at radius 1 is 1.44 bits per heavy atom. The maximum absolute atomic E-state index is 10.9. The van der Waals surface area contributed by atoms with Gasteiger partial charge in [0.05, 0.1) is 18.6 Å². The van der Waals surface area contributed by atoms with Crippen molar-refractivity contribution in [2.45, 2.75) is 13.8 Å². The normalized spacial score (nSPS) is 11.1. The number of thiol groups is 1. The second-order valence-corrected chi connectivity index (χ2v) is 5.02. The first kappa shape index (κ1) is 14.6. The molecule has 0 saturated carbocycles. The fourth-order valence-electron chi connectivity index (χ4n) is 1.21. The maximum atomic E-state index is 10.9. The van der Waals surface area contributed by atoms with Crippen LogP contribution in [0.1, 0.15) is 13.8 Å². The Bertz CT molecular complexity index is 434. The van der Waals surface area contributed by atoms with Gasteiger partial charge in [-0.15, -0.1) is 0 Å². The molecule has 0 aromatic heterocycles. The quantitative estimate of drug-likeness (QED) is 0.491. The summed E-state index contributed by atoms with van der Waals surface area (Å²) >= 11 is 4.21. The molecule has 0 spiro atoms. The fraction of sp³-hybridized carbons (Fsp3) is 0.500. The Balaban J connectivity index is 2.94. The molecule has 0 aliphatic heterocycles. The zero-order valence-corrected chi connectivity index (χ0v) is 11.6. The molecule has 100 valence electrons. The van der Waals surface area contributed by atoms with Crippen LogP contribution in [-0.4, -0.2) is 24.4 Å². The van der Waals surface area contributed by atoms with Crippen molar-refractivity contribution in [3.8, 4) is 11.5 Å². The number of rotatable bonds is 6. The largest absolute Gasteiger partial charge is 0.497 e. The average molecular weight is 271 g/mol. The molecule has 0 unspecified atom stereocenters. The van der Waals surface area contributed by atoms with Gasteiger partial charge in [0.1, 0.15) is 5.75 Å². The van der Waals surface area contributed by atoms with Crippen LogP contribution < -0.4 is 9.47 Å². The smallest absolute Gasteiger partial charge is 0.311 e. The summed E-state index contributed by atoms with van der Waals surface area (Å²) < 4.78 is 10.6. The van der Waals surface area contributed by atoms with E-state index in [0.29, 0.717) is 18.1 Å². The Hall–Kier alpha value is -1.43. The first-order valence-corrected chi connectivity index (χ1v) is 6.09. The molecule has 0 saturated heterocycles. The van der Waals surface area contributed by atoms with Crippen molar-refractivity contribution >= 4 is 18.3 Å². The third-order valence-electron chi connectivity index (χ3n) is 2.41. The van der Waals surface area contributed by atoms with Gasteiger partial charge in [-0.3, -0.25) is 10.1 Å². The molecule has 5 nitrogen and oxygen atoms in total. The summed E-state index contributed by atoms with van der Waals surface area (Å²) in [6.45, 7) is 4.31. The zero-order chi connectivity index (χ0) is 13.8. The predicted molar refractivity (Wildman–Crippen MR) is 72.8 cm³/mol. The molecule has 0 N–H and O–H groups in total. The van der Waals surface area contributed by atoms with Gasteiger partial charge >= 0.3 is 5.69 Å². The van der Waals surface area contributed by atoms with E-state index in [-0.39, 0.29) is 16.9 Å². The minimum atomic E-state index is -0.470. The first-order chi connectivity index (χ1) is 8.39. The zero-order valence-electron chi connectivity index (χ0n) is 10.7. The molecule has 1 rings (SSSR count). The highest BCUT2D eigenvalue weighted by atomic mass is 32.1. The number of benzene rings is 1. The van der Waals surface area contributed by atoms with Crippen LogP contribution in [0.2, 0.25) is 0 Å². The second-order valence-electron chi connectivity index (χ2n) is 4.70. The lowest BCUT2D eigenvalue weighted by Gasteiger charge is -2.22. The van der Waals surface area contributed by atoms with Crippen molar-refractivity contribution < 1.29 is 14.4 Å². The van der Waals surface area contributed by atoms with Gasteiger partial charge in [0.15, 0.2) is 0 Å². The summed E-state index contributed by atoms with van der Waals surface area (Å²) in [6, 6.07) is 4.43. The minimum absolute atomic E-state index is 0.0641. The monoisotopic (exact) mass is 271 g/mol. The molecular formula is C12H17NO4S. The van der Waals surface area contributed by atoms with Gasteiger partial charge in [0.25, 0.3) is 0 Å². The summed E-state index contributed by atoms with van der Waals surface area (Å²) in [5.74, 6) is 1.37. The van der Waals surface area contributed by atoms with E-state index in [9.17, 15) is 10.1 Å². The van der Waals surface area contributed by atoms with Crippen LogP contribution in [0.25, 0.3) is 0 Å². The van der Waals surface area contributed by atoms with Crippen LogP contribution in [-0.2, 0) is 0 Å². The average Bonchev–Trinajstić information content (AvgIpc) is 2.36. The molecule has 0 aliphatic rings. The molecular weight excluding hydrogens is 254 g/mol. The number of nitro benzene ring substituents is 1. The summed E-state index contributed by atoms with van der Waals surface area (Å²) in [5, 5.41) is 10.9. The van der Waals surface area contributed by atoms with E-state index < -0.39 is 4.92 Å². The lowest BCUT2D eigenvalue weighted by atomic mass is 9.98. The number of hydrogen-bond donors (Lipinski definition) is 1. The van der Waals surface area contributed by atoms with Crippen molar-refractivity contribution in [2.24, 2.45) is 5.41 Å². The molecule has 0 heterocycles. The van der Waals surface area contributed by atoms with E-state index in [1.807, 2.05) is 13.8 Å². The molecule has 6 heteroatoms. The van der Waals surface area contributed by atoms with Crippen LogP contribution in [0, 0.1) is 15.5 Å². The third kappa shape index (κ3) is 3.80. The standard InChI is InChI=1S/C12H17NO4S/c1-12(2,8-18)7-17-11-6-9(16-3)4-5-10(11)13(14)15/h4-6,18H,7-8H2,1-3H3. The van der Waals surface area contributed by atoms with Crippen molar-refractivity contribution in [3.63, 3.8) is 0 Å². The van der Waals surface area contributed by atoms with E-state index in [2.05, 4.69) is 12.6 Å².